The van der Waals surface area contributed by atoms with E-state index in [1.165, 1.54) is 22.9 Å². The van der Waals surface area contributed by atoms with Crippen molar-refractivity contribution >= 4 is 29.2 Å². The van der Waals surface area contributed by atoms with Crippen LogP contribution in [-0.2, 0) is 16.1 Å². The van der Waals surface area contributed by atoms with Crippen molar-refractivity contribution < 1.29 is 18.7 Å². The first-order valence-electron chi connectivity index (χ1n) is 7.73. The second-order valence-electron chi connectivity index (χ2n) is 5.96. The molecule has 0 spiro atoms. The topological polar surface area (TPSA) is 73.2 Å². The second kappa shape index (κ2) is 8.11. The molecule has 0 aliphatic heterocycles. The van der Waals surface area contributed by atoms with Crippen LogP contribution in [0.4, 0.5) is 10.1 Å². The maximum atomic E-state index is 13.1. The normalized spacial score (nSPS) is 10.8. The number of amides is 1. The van der Waals surface area contributed by atoms with E-state index >= 15 is 0 Å². The third kappa shape index (κ3) is 5.03. The number of rotatable bonds is 6. The first kappa shape index (κ1) is 18.9. The van der Waals surface area contributed by atoms with Crippen molar-refractivity contribution in [3.63, 3.8) is 0 Å². The van der Waals surface area contributed by atoms with Gasteiger partial charge in [-0.3, -0.25) is 9.48 Å². The summed E-state index contributed by atoms with van der Waals surface area (Å²) in [5, 5.41) is 6.84. The van der Waals surface area contributed by atoms with Gasteiger partial charge < -0.3 is 10.1 Å². The zero-order valence-corrected chi connectivity index (χ0v) is 14.9. The molecule has 0 bridgehead atoms. The number of anilines is 1. The van der Waals surface area contributed by atoms with Gasteiger partial charge in [0, 0.05) is 12.2 Å². The lowest BCUT2D eigenvalue weighted by Crippen LogP contribution is -2.21. The zero-order chi connectivity index (χ0) is 18.6. The van der Waals surface area contributed by atoms with Gasteiger partial charge in [-0.1, -0.05) is 31.5 Å². The molecule has 2 rings (SSSR count). The Morgan fingerprint density at radius 1 is 1.40 bits per heavy atom. The van der Waals surface area contributed by atoms with Gasteiger partial charge in [-0.15, -0.1) is 0 Å². The Labute approximate surface area is 149 Å². The molecule has 0 unspecified atom stereocenters. The van der Waals surface area contributed by atoms with Crippen molar-refractivity contribution in [1.82, 2.24) is 9.78 Å². The lowest BCUT2D eigenvalue weighted by Gasteiger charge is -2.07. The number of aryl methyl sites for hydroxylation is 1. The van der Waals surface area contributed by atoms with E-state index in [1.807, 2.05) is 13.8 Å². The zero-order valence-electron chi connectivity index (χ0n) is 14.2. The van der Waals surface area contributed by atoms with Crippen LogP contribution in [0.5, 0.6) is 0 Å². The standard InChI is InChI=1S/C17H19ClFN3O3/c1-10(2)8-22-16(18)15(11(3)21-22)17(24)25-9-14(23)20-13-6-4-5-12(19)7-13/h4-7,10H,8-9H2,1-3H3,(H,20,23). The van der Waals surface area contributed by atoms with E-state index in [0.717, 1.165) is 6.07 Å². The minimum absolute atomic E-state index is 0.140. The van der Waals surface area contributed by atoms with Crippen LogP contribution < -0.4 is 5.32 Å². The SMILES string of the molecule is Cc1nn(CC(C)C)c(Cl)c1C(=O)OCC(=O)Nc1cccc(F)c1. The highest BCUT2D eigenvalue weighted by atomic mass is 35.5. The molecular formula is C17H19ClFN3O3. The first-order valence-corrected chi connectivity index (χ1v) is 8.11. The molecular weight excluding hydrogens is 349 g/mol. The average molecular weight is 368 g/mol. The number of esters is 1. The van der Waals surface area contributed by atoms with Crippen LogP contribution in [0.1, 0.15) is 29.9 Å². The number of benzene rings is 1. The molecule has 1 N–H and O–H groups in total. The van der Waals surface area contributed by atoms with E-state index in [2.05, 4.69) is 10.4 Å². The number of ether oxygens (including phenoxy) is 1. The first-order chi connectivity index (χ1) is 11.8. The van der Waals surface area contributed by atoms with E-state index in [9.17, 15) is 14.0 Å². The molecule has 0 aliphatic rings. The number of hydrogen-bond acceptors (Lipinski definition) is 4. The summed E-state index contributed by atoms with van der Waals surface area (Å²) in [7, 11) is 0. The third-order valence-corrected chi connectivity index (χ3v) is 3.63. The molecule has 1 aromatic heterocycles. The molecule has 0 saturated carbocycles. The van der Waals surface area contributed by atoms with Crippen LogP contribution in [-0.4, -0.2) is 28.3 Å². The number of halogens is 2. The molecule has 1 heterocycles. The smallest absolute Gasteiger partial charge is 0.343 e. The molecule has 0 radical (unpaired) electrons. The van der Waals surface area contributed by atoms with Gasteiger partial charge in [-0.2, -0.15) is 5.10 Å². The van der Waals surface area contributed by atoms with Crippen molar-refractivity contribution in [2.45, 2.75) is 27.3 Å². The number of nitrogens with zero attached hydrogens (tertiary/aromatic N) is 2. The van der Waals surface area contributed by atoms with Gasteiger partial charge in [0.2, 0.25) is 0 Å². The molecule has 0 aliphatic carbocycles. The van der Waals surface area contributed by atoms with E-state index in [-0.39, 0.29) is 16.4 Å². The summed E-state index contributed by atoms with van der Waals surface area (Å²) in [6.45, 7) is 5.70. The minimum atomic E-state index is -0.730. The Kier molecular flexibility index (Phi) is 6.14. The Morgan fingerprint density at radius 2 is 2.12 bits per heavy atom. The van der Waals surface area contributed by atoms with Gasteiger partial charge >= 0.3 is 5.97 Å². The quantitative estimate of drug-likeness (QED) is 0.794. The fourth-order valence-electron chi connectivity index (χ4n) is 2.22. The molecule has 8 heteroatoms. The Morgan fingerprint density at radius 3 is 2.76 bits per heavy atom. The minimum Gasteiger partial charge on any atom is -0.452 e. The Bertz CT molecular complexity index is 789. The molecule has 0 atom stereocenters. The van der Waals surface area contributed by atoms with E-state index in [4.69, 9.17) is 16.3 Å². The van der Waals surface area contributed by atoms with Gasteiger partial charge in [-0.25, -0.2) is 9.18 Å². The molecule has 1 aromatic carbocycles. The Hall–Kier alpha value is -2.41. The van der Waals surface area contributed by atoms with E-state index in [0.29, 0.717) is 18.2 Å². The lowest BCUT2D eigenvalue weighted by molar-refractivity contribution is -0.119. The monoisotopic (exact) mass is 367 g/mol. The third-order valence-electron chi connectivity index (χ3n) is 3.25. The highest BCUT2D eigenvalue weighted by Gasteiger charge is 2.22. The molecule has 134 valence electrons. The summed E-state index contributed by atoms with van der Waals surface area (Å²) < 4.78 is 19.6. The van der Waals surface area contributed by atoms with Crippen LogP contribution in [0.15, 0.2) is 24.3 Å². The van der Waals surface area contributed by atoms with Crippen molar-refractivity contribution in [3.05, 3.63) is 46.5 Å². The fourth-order valence-corrected chi connectivity index (χ4v) is 2.54. The van der Waals surface area contributed by atoms with Gasteiger partial charge in [0.05, 0.1) is 5.69 Å². The van der Waals surface area contributed by atoms with Gasteiger partial charge in [0.15, 0.2) is 6.61 Å². The molecule has 25 heavy (non-hydrogen) atoms. The molecule has 6 nitrogen and oxygen atoms in total. The summed E-state index contributed by atoms with van der Waals surface area (Å²) in [6, 6.07) is 5.41. The van der Waals surface area contributed by atoms with Gasteiger partial charge in [0.25, 0.3) is 5.91 Å². The van der Waals surface area contributed by atoms with Crippen LogP contribution in [0.3, 0.4) is 0 Å². The summed E-state index contributed by atoms with van der Waals surface area (Å²) in [5.41, 5.74) is 0.849. The lowest BCUT2D eigenvalue weighted by atomic mass is 10.2. The highest BCUT2D eigenvalue weighted by molar-refractivity contribution is 6.32. The summed E-state index contributed by atoms with van der Waals surface area (Å²) in [6.07, 6.45) is 0. The molecule has 2 aromatic rings. The largest absolute Gasteiger partial charge is 0.452 e. The predicted octanol–water partition coefficient (Wildman–Crippen LogP) is 3.44. The van der Waals surface area contributed by atoms with E-state index in [1.54, 1.807) is 6.92 Å². The summed E-state index contributed by atoms with van der Waals surface area (Å²) >= 11 is 6.19. The predicted molar refractivity (Wildman–Crippen MR) is 92.1 cm³/mol. The van der Waals surface area contributed by atoms with E-state index < -0.39 is 24.3 Å². The highest BCUT2D eigenvalue weighted by Crippen LogP contribution is 2.21. The van der Waals surface area contributed by atoms with Crippen LogP contribution >= 0.6 is 11.6 Å². The number of hydrogen-bond donors (Lipinski definition) is 1. The number of carbonyl (C=O) groups is 2. The van der Waals surface area contributed by atoms with Crippen molar-refractivity contribution in [2.75, 3.05) is 11.9 Å². The summed E-state index contributed by atoms with van der Waals surface area (Å²) in [5.74, 6) is -1.48. The van der Waals surface area contributed by atoms with Crippen molar-refractivity contribution in [2.24, 2.45) is 5.92 Å². The van der Waals surface area contributed by atoms with Crippen LogP contribution in [0, 0.1) is 18.7 Å². The molecule has 0 fully saturated rings. The Balaban J connectivity index is 1.98. The van der Waals surface area contributed by atoms with Gasteiger partial charge in [0.1, 0.15) is 16.5 Å². The van der Waals surface area contributed by atoms with Crippen LogP contribution in [0.25, 0.3) is 0 Å². The average Bonchev–Trinajstić information content (AvgIpc) is 2.78. The van der Waals surface area contributed by atoms with Crippen LogP contribution in [0.2, 0.25) is 5.15 Å². The number of carbonyl (C=O) groups excluding carboxylic acids is 2. The van der Waals surface area contributed by atoms with Gasteiger partial charge in [-0.05, 0) is 31.0 Å². The fraction of sp³-hybridized carbons (Fsp3) is 0.353. The molecule has 0 saturated heterocycles. The summed E-state index contributed by atoms with van der Waals surface area (Å²) in [4.78, 5) is 24.0. The maximum absolute atomic E-state index is 13.1. The van der Waals surface area contributed by atoms with Crippen molar-refractivity contribution in [3.8, 4) is 0 Å². The second-order valence-corrected chi connectivity index (χ2v) is 6.32. The molecule has 1 amide bonds. The number of aromatic nitrogens is 2. The maximum Gasteiger partial charge on any atom is 0.343 e. The van der Waals surface area contributed by atoms with Crippen molar-refractivity contribution in [1.29, 1.82) is 0 Å². The number of nitrogens with one attached hydrogen (secondary N) is 1.